The second kappa shape index (κ2) is 15.3. The summed E-state index contributed by atoms with van der Waals surface area (Å²) in [4.78, 5) is 17.9. The van der Waals surface area contributed by atoms with Crippen LogP contribution in [0.1, 0.15) is 46.3 Å². The van der Waals surface area contributed by atoms with Gasteiger partial charge in [-0.1, -0.05) is 43.8 Å². The van der Waals surface area contributed by atoms with Gasteiger partial charge < -0.3 is 19.9 Å². The van der Waals surface area contributed by atoms with Crippen LogP contribution in [0.15, 0.2) is 45.8 Å². The Hall–Kier alpha value is -3.02. The third-order valence-corrected chi connectivity index (χ3v) is 6.07. The normalized spacial score (nSPS) is 15.5. The predicted molar refractivity (Wildman–Crippen MR) is 150 cm³/mol. The predicted octanol–water partition coefficient (Wildman–Crippen LogP) is 4.50. The number of anilines is 1. The largest absolute Gasteiger partial charge is 0.473 e. The molecule has 0 spiro atoms. The number of nitrogen functional groups attached to an aromatic ring is 1. The molecular weight excluding hydrogens is 490 g/mol. The zero-order chi connectivity index (χ0) is 27.4. The highest BCUT2D eigenvalue weighted by Crippen LogP contribution is 2.20. The molecule has 0 amide bonds. The highest BCUT2D eigenvalue weighted by atomic mass is 32.2. The number of methoxy groups -OCH3 is 2. The Morgan fingerprint density at radius 3 is 2.51 bits per heavy atom. The lowest BCUT2D eigenvalue weighted by Crippen LogP contribution is -2.12. The molecule has 3 rings (SSSR count). The Balaban J connectivity index is 0.00000235. The summed E-state index contributed by atoms with van der Waals surface area (Å²) in [5, 5.41) is 7.50. The van der Waals surface area contributed by atoms with Crippen LogP contribution in [0.4, 0.5) is 5.95 Å². The van der Waals surface area contributed by atoms with Crippen molar-refractivity contribution in [3.8, 4) is 11.7 Å². The Morgan fingerprint density at radius 2 is 1.86 bits per heavy atom. The number of nitrogens with two attached hydrogens (primary N) is 1. The number of aromatic nitrogens is 5. The van der Waals surface area contributed by atoms with Gasteiger partial charge in [-0.05, 0) is 44.2 Å². The molecule has 3 heterocycles. The zero-order valence-corrected chi connectivity index (χ0v) is 23.9. The van der Waals surface area contributed by atoms with Crippen molar-refractivity contribution in [1.82, 2.24) is 24.7 Å². The number of ether oxygens (including phenoxy) is 3. The van der Waals surface area contributed by atoms with Crippen LogP contribution < -0.4 is 10.5 Å². The van der Waals surface area contributed by atoms with Crippen molar-refractivity contribution in [2.24, 2.45) is 4.99 Å². The molecule has 0 radical (unpaired) electrons. The van der Waals surface area contributed by atoms with Gasteiger partial charge in [-0.3, -0.25) is 4.99 Å². The van der Waals surface area contributed by atoms with E-state index in [1.165, 1.54) is 0 Å². The Morgan fingerprint density at radius 1 is 1.14 bits per heavy atom. The van der Waals surface area contributed by atoms with E-state index in [-0.39, 0.29) is 18.2 Å². The minimum atomic E-state index is -0.0807. The molecule has 0 saturated carbocycles. The molecule has 1 aliphatic rings. The summed E-state index contributed by atoms with van der Waals surface area (Å²) >= 11 is 1.60. The monoisotopic (exact) mass is 529 g/mol. The van der Waals surface area contributed by atoms with Crippen molar-refractivity contribution >= 4 is 22.8 Å². The standard InChI is InChI=1S/C24H33N7O3S.C2H6/c1-15(32-5)7-8-19(9-16(2)33-6)10-21-29-24(25)30-31(21)22-11-23(28-17(3)27-22)34-13-20-12-26-18(4)35-14-20;1-2/h7-9,11,14-16H,10,12-13H2,1-6H3,(H2,25,30);1-2H3/b8-7-,19-9+;. The van der Waals surface area contributed by atoms with Crippen molar-refractivity contribution in [2.75, 3.05) is 33.1 Å². The highest BCUT2D eigenvalue weighted by molar-refractivity contribution is 8.16. The van der Waals surface area contributed by atoms with E-state index >= 15 is 0 Å². The SMILES string of the molecule is CC.COC(C)/C=C\C(=C/C(C)OC)Cc1nc(N)nn1-c1cc(OCC2=CSC(C)=NC2)nc(C)n1. The topological polar surface area (TPSA) is 123 Å². The molecule has 202 valence electrons. The molecule has 0 bridgehead atoms. The third-order valence-electron chi connectivity index (χ3n) is 5.15. The van der Waals surface area contributed by atoms with Crippen LogP contribution in [0.3, 0.4) is 0 Å². The molecule has 2 aromatic rings. The molecule has 0 aromatic carbocycles. The van der Waals surface area contributed by atoms with E-state index in [0.29, 0.717) is 42.9 Å². The molecule has 2 unspecified atom stereocenters. The van der Waals surface area contributed by atoms with Gasteiger partial charge in [0.15, 0.2) is 5.82 Å². The van der Waals surface area contributed by atoms with Crippen molar-refractivity contribution in [3.63, 3.8) is 0 Å². The zero-order valence-electron chi connectivity index (χ0n) is 23.1. The highest BCUT2D eigenvalue weighted by Gasteiger charge is 2.16. The fourth-order valence-electron chi connectivity index (χ4n) is 3.13. The molecule has 10 nitrogen and oxygen atoms in total. The summed E-state index contributed by atoms with van der Waals surface area (Å²) in [5.41, 5.74) is 8.05. The summed E-state index contributed by atoms with van der Waals surface area (Å²) in [6.45, 7) is 12.8. The molecule has 0 fully saturated rings. The first-order chi connectivity index (χ1) is 17.8. The van der Waals surface area contributed by atoms with Crippen molar-refractivity contribution in [1.29, 1.82) is 0 Å². The maximum atomic E-state index is 5.99. The van der Waals surface area contributed by atoms with Crippen molar-refractivity contribution in [3.05, 3.63) is 52.5 Å². The number of thioether (sulfide) groups is 1. The number of hydrogen-bond donors (Lipinski definition) is 1. The molecule has 1 aliphatic heterocycles. The fraction of sp³-hybridized carbons (Fsp3) is 0.500. The van der Waals surface area contributed by atoms with Crippen molar-refractivity contribution < 1.29 is 14.2 Å². The Labute approximate surface area is 224 Å². The number of rotatable bonds is 11. The number of aryl methyl sites for hydroxylation is 1. The third kappa shape index (κ3) is 9.75. The second-order valence-corrected chi connectivity index (χ2v) is 9.15. The van der Waals surface area contributed by atoms with Gasteiger partial charge >= 0.3 is 0 Å². The summed E-state index contributed by atoms with van der Waals surface area (Å²) < 4.78 is 18.3. The van der Waals surface area contributed by atoms with E-state index in [2.05, 4.69) is 30.5 Å². The maximum Gasteiger partial charge on any atom is 0.240 e. The summed E-state index contributed by atoms with van der Waals surface area (Å²) in [6, 6.07) is 1.74. The molecular formula is C26H39N7O3S. The number of allylic oxidation sites excluding steroid dienone is 2. The first kappa shape index (κ1) is 30.2. The molecule has 11 heteroatoms. The first-order valence-corrected chi connectivity index (χ1v) is 13.2. The van der Waals surface area contributed by atoms with Gasteiger partial charge in [-0.2, -0.15) is 14.6 Å². The van der Waals surface area contributed by atoms with E-state index in [1.54, 1.807) is 43.7 Å². The molecule has 2 aromatic heterocycles. The van der Waals surface area contributed by atoms with Crippen LogP contribution in [0, 0.1) is 6.92 Å². The van der Waals surface area contributed by atoms with Gasteiger partial charge in [-0.15, -0.1) is 5.10 Å². The van der Waals surface area contributed by atoms with Crippen LogP contribution in [0.25, 0.3) is 5.82 Å². The molecule has 2 atom stereocenters. The van der Waals surface area contributed by atoms with Crippen LogP contribution in [0.5, 0.6) is 5.88 Å². The quantitative estimate of drug-likeness (QED) is 0.419. The second-order valence-electron chi connectivity index (χ2n) is 8.09. The van der Waals surface area contributed by atoms with E-state index in [4.69, 9.17) is 19.9 Å². The van der Waals surface area contributed by atoms with Gasteiger partial charge in [0.05, 0.1) is 23.8 Å². The van der Waals surface area contributed by atoms with E-state index in [1.807, 2.05) is 52.8 Å². The first-order valence-electron chi connectivity index (χ1n) is 12.3. The minimum Gasteiger partial charge on any atom is -0.473 e. The van der Waals surface area contributed by atoms with Gasteiger partial charge in [0.25, 0.3) is 0 Å². The number of aliphatic imine (C=N–C) groups is 1. The van der Waals surface area contributed by atoms with Crippen LogP contribution >= 0.6 is 11.8 Å². The van der Waals surface area contributed by atoms with E-state index in [0.717, 1.165) is 16.2 Å². The maximum absolute atomic E-state index is 5.99. The lowest BCUT2D eigenvalue weighted by atomic mass is 10.1. The van der Waals surface area contributed by atoms with E-state index in [9.17, 15) is 0 Å². The molecule has 0 aliphatic carbocycles. The van der Waals surface area contributed by atoms with Crippen LogP contribution in [0.2, 0.25) is 0 Å². The summed E-state index contributed by atoms with van der Waals surface area (Å²) in [6.07, 6.45) is 6.35. The Bertz CT molecular complexity index is 1140. The van der Waals surface area contributed by atoms with Gasteiger partial charge in [0, 0.05) is 26.7 Å². The summed E-state index contributed by atoms with van der Waals surface area (Å²) in [5.74, 6) is 2.32. The summed E-state index contributed by atoms with van der Waals surface area (Å²) in [7, 11) is 3.34. The van der Waals surface area contributed by atoms with Gasteiger partial charge in [0.1, 0.15) is 18.3 Å². The molecule has 37 heavy (non-hydrogen) atoms. The van der Waals surface area contributed by atoms with Crippen LogP contribution in [-0.4, -0.2) is 69.4 Å². The minimum absolute atomic E-state index is 0.0318. The molecule has 2 N–H and O–H groups in total. The smallest absolute Gasteiger partial charge is 0.240 e. The molecule has 0 saturated heterocycles. The lowest BCUT2D eigenvalue weighted by Gasteiger charge is -2.13. The van der Waals surface area contributed by atoms with Gasteiger partial charge in [0.2, 0.25) is 11.8 Å². The van der Waals surface area contributed by atoms with Gasteiger partial charge in [-0.25, -0.2) is 4.98 Å². The average Bonchev–Trinajstić information content (AvgIpc) is 3.27. The lowest BCUT2D eigenvalue weighted by molar-refractivity contribution is 0.154. The number of nitrogens with zero attached hydrogens (tertiary/aromatic N) is 6. The fourth-order valence-corrected chi connectivity index (χ4v) is 3.75. The number of hydrogen-bond acceptors (Lipinski definition) is 10. The van der Waals surface area contributed by atoms with Crippen molar-refractivity contribution in [2.45, 2.75) is 60.2 Å². The average molecular weight is 530 g/mol. The van der Waals surface area contributed by atoms with E-state index < -0.39 is 0 Å². The van der Waals surface area contributed by atoms with Crippen LogP contribution in [-0.2, 0) is 15.9 Å². The Kier molecular flexibility index (Phi) is 12.5.